The van der Waals surface area contributed by atoms with Gasteiger partial charge in [-0.1, -0.05) is 12.1 Å². The lowest BCUT2D eigenvalue weighted by molar-refractivity contribution is 0.0498. The molecule has 0 spiro atoms. The van der Waals surface area contributed by atoms with Crippen molar-refractivity contribution in [2.75, 3.05) is 32.1 Å². The molecule has 1 saturated heterocycles. The van der Waals surface area contributed by atoms with E-state index in [9.17, 15) is 0 Å². The minimum Gasteiger partial charge on any atom is -0.494 e. The predicted octanol–water partition coefficient (Wildman–Crippen LogP) is 3.38. The van der Waals surface area contributed by atoms with E-state index in [0.717, 1.165) is 44.9 Å². The summed E-state index contributed by atoms with van der Waals surface area (Å²) in [5.74, 6) is 0.927. The highest BCUT2D eigenvalue weighted by Crippen LogP contribution is 2.35. The predicted molar refractivity (Wildman–Crippen MR) is 105 cm³/mol. The molecule has 2 heterocycles. The number of thiazole rings is 1. The van der Waals surface area contributed by atoms with E-state index in [2.05, 4.69) is 34.6 Å². The molecule has 0 unspecified atom stereocenters. The van der Waals surface area contributed by atoms with Gasteiger partial charge in [-0.15, -0.1) is 23.7 Å². The molecule has 2 aromatic rings. The van der Waals surface area contributed by atoms with Crippen molar-refractivity contribution in [3.8, 4) is 5.75 Å². The fraction of sp³-hybridized carbons (Fsp3) is 0.500. The fourth-order valence-corrected chi connectivity index (χ4v) is 3.88. The van der Waals surface area contributed by atoms with Crippen molar-refractivity contribution in [3.63, 3.8) is 0 Å². The van der Waals surface area contributed by atoms with Crippen LogP contribution < -0.4 is 15.8 Å². The second kappa shape index (κ2) is 9.38. The van der Waals surface area contributed by atoms with Gasteiger partial charge in [0.05, 0.1) is 6.61 Å². The number of nitrogens with two attached hydrogens (primary N) is 1. The number of ether oxygens (including phenoxy) is 2. The summed E-state index contributed by atoms with van der Waals surface area (Å²) in [5, 5.41) is 4.22. The molecular formula is C18H26ClN3O2S. The molecule has 5 nitrogen and oxygen atoms in total. The Kier molecular flexibility index (Phi) is 7.50. The molecule has 0 atom stereocenters. The van der Waals surface area contributed by atoms with Crippen LogP contribution in [0.25, 0.3) is 0 Å². The SMILES string of the molecule is CCOc1ccc(C2(CNCc3cnc(N)s3)CCOCC2)cc1.Cl. The van der Waals surface area contributed by atoms with Gasteiger partial charge in [0.2, 0.25) is 0 Å². The van der Waals surface area contributed by atoms with E-state index >= 15 is 0 Å². The molecule has 1 fully saturated rings. The first kappa shape index (κ1) is 20.0. The summed E-state index contributed by atoms with van der Waals surface area (Å²) < 4.78 is 11.2. The minimum absolute atomic E-state index is 0. The van der Waals surface area contributed by atoms with Crippen LogP contribution in [0.3, 0.4) is 0 Å². The topological polar surface area (TPSA) is 69.4 Å². The fourth-order valence-electron chi connectivity index (χ4n) is 3.23. The Bertz CT molecular complexity index is 642. The quantitative estimate of drug-likeness (QED) is 0.767. The van der Waals surface area contributed by atoms with E-state index in [0.29, 0.717) is 11.7 Å². The lowest BCUT2D eigenvalue weighted by Gasteiger charge is -2.38. The average Bonchev–Trinajstić information content (AvgIpc) is 3.02. The van der Waals surface area contributed by atoms with Crippen LogP contribution in [0.4, 0.5) is 5.13 Å². The smallest absolute Gasteiger partial charge is 0.180 e. The molecular weight excluding hydrogens is 358 g/mol. The van der Waals surface area contributed by atoms with Crippen LogP contribution >= 0.6 is 23.7 Å². The summed E-state index contributed by atoms with van der Waals surface area (Å²) in [4.78, 5) is 5.28. The number of anilines is 1. The Hall–Kier alpha value is -1.34. The summed E-state index contributed by atoms with van der Waals surface area (Å²) >= 11 is 1.54. The number of nitrogens with zero attached hydrogens (tertiary/aromatic N) is 1. The van der Waals surface area contributed by atoms with Gasteiger partial charge in [0.15, 0.2) is 5.13 Å². The Balaban J connectivity index is 0.00000225. The maximum Gasteiger partial charge on any atom is 0.180 e. The Morgan fingerprint density at radius 2 is 2.00 bits per heavy atom. The number of aromatic nitrogens is 1. The highest BCUT2D eigenvalue weighted by Gasteiger charge is 2.34. The molecule has 0 amide bonds. The number of benzene rings is 1. The zero-order valence-electron chi connectivity index (χ0n) is 14.5. The second-order valence-electron chi connectivity index (χ2n) is 6.12. The van der Waals surface area contributed by atoms with Gasteiger partial charge in [0.1, 0.15) is 5.75 Å². The van der Waals surface area contributed by atoms with Crippen LogP contribution in [0.5, 0.6) is 5.75 Å². The van der Waals surface area contributed by atoms with E-state index in [1.165, 1.54) is 21.8 Å². The summed E-state index contributed by atoms with van der Waals surface area (Å²) in [7, 11) is 0. The largest absolute Gasteiger partial charge is 0.494 e. The summed E-state index contributed by atoms with van der Waals surface area (Å²) in [6.45, 7) is 6.03. The zero-order chi connectivity index (χ0) is 16.8. The van der Waals surface area contributed by atoms with Gasteiger partial charge < -0.3 is 20.5 Å². The first-order valence-corrected chi connectivity index (χ1v) is 9.25. The first-order valence-electron chi connectivity index (χ1n) is 8.44. The zero-order valence-corrected chi connectivity index (χ0v) is 16.1. The summed E-state index contributed by atoms with van der Waals surface area (Å²) in [6.07, 6.45) is 3.90. The van der Waals surface area contributed by atoms with E-state index in [1.54, 1.807) is 0 Å². The van der Waals surface area contributed by atoms with Crippen molar-refractivity contribution < 1.29 is 9.47 Å². The van der Waals surface area contributed by atoms with Crippen LogP contribution in [0.2, 0.25) is 0 Å². The van der Waals surface area contributed by atoms with Crippen molar-refractivity contribution in [1.29, 1.82) is 0 Å². The second-order valence-corrected chi connectivity index (χ2v) is 7.27. The molecule has 0 aliphatic carbocycles. The molecule has 138 valence electrons. The lowest BCUT2D eigenvalue weighted by Crippen LogP contribution is -2.42. The van der Waals surface area contributed by atoms with Gasteiger partial charge in [0, 0.05) is 42.8 Å². The van der Waals surface area contributed by atoms with Gasteiger partial charge in [0.25, 0.3) is 0 Å². The van der Waals surface area contributed by atoms with Crippen LogP contribution in [0.15, 0.2) is 30.5 Å². The van der Waals surface area contributed by atoms with E-state index in [-0.39, 0.29) is 17.8 Å². The maximum absolute atomic E-state index is 5.70. The van der Waals surface area contributed by atoms with Crippen molar-refractivity contribution in [2.24, 2.45) is 0 Å². The third kappa shape index (κ3) is 5.07. The monoisotopic (exact) mass is 383 g/mol. The van der Waals surface area contributed by atoms with Gasteiger partial charge in [-0.25, -0.2) is 4.98 Å². The van der Waals surface area contributed by atoms with Gasteiger partial charge in [-0.05, 0) is 37.5 Å². The number of nitrogens with one attached hydrogen (secondary N) is 1. The van der Waals surface area contributed by atoms with Crippen molar-refractivity contribution in [3.05, 3.63) is 40.9 Å². The van der Waals surface area contributed by atoms with Crippen LogP contribution in [-0.2, 0) is 16.7 Å². The number of halogens is 1. The number of hydrogen-bond donors (Lipinski definition) is 2. The molecule has 1 aliphatic rings. The lowest BCUT2D eigenvalue weighted by atomic mass is 9.74. The van der Waals surface area contributed by atoms with Gasteiger partial charge in [-0.2, -0.15) is 0 Å². The average molecular weight is 384 g/mol. The molecule has 0 radical (unpaired) electrons. The van der Waals surface area contributed by atoms with Crippen molar-refractivity contribution in [2.45, 2.75) is 31.7 Å². The molecule has 0 saturated carbocycles. The molecule has 1 aromatic heterocycles. The minimum atomic E-state index is 0. The number of rotatable bonds is 7. The van der Waals surface area contributed by atoms with Gasteiger partial charge in [-0.3, -0.25) is 0 Å². The highest BCUT2D eigenvalue weighted by molar-refractivity contribution is 7.15. The van der Waals surface area contributed by atoms with Gasteiger partial charge >= 0.3 is 0 Å². The van der Waals surface area contributed by atoms with Crippen LogP contribution in [0.1, 0.15) is 30.2 Å². The third-order valence-corrected chi connectivity index (χ3v) is 5.39. The highest BCUT2D eigenvalue weighted by atomic mass is 35.5. The molecule has 3 N–H and O–H groups in total. The van der Waals surface area contributed by atoms with Crippen LogP contribution in [0, 0.1) is 0 Å². The first-order chi connectivity index (χ1) is 11.7. The molecule has 3 rings (SSSR count). The van der Waals surface area contributed by atoms with Crippen molar-refractivity contribution >= 4 is 28.9 Å². The molecule has 0 bridgehead atoms. The summed E-state index contributed by atoms with van der Waals surface area (Å²) in [5.41, 5.74) is 7.16. The molecule has 25 heavy (non-hydrogen) atoms. The van der Waals surface area contributed by atoms with E-state index < -0.39 is 0 Å². The summed E-state index contributed by atoms with van der Waals surface area (Å²) in [6, 6.07) is 8.53. The van der Waals surface area contributed by atoms with Crippen LogP contribution in [-0.4, -0.2) is 31.3 Å². The molecule has 1 aromatic carbocycles. The molecule has 7 heteroatoms. The Morgan fingerprint density at radius 3 is 2.60 bits per heavy atom. The normalized spacial score (nSPS) is 16.2. The van der Waals surface area contributed by atoms with Crippen molar-refractivity contribution in [1.82, 2.24) is 10.3 Å². The van der Waals surface area contributed by atoms with E-state index in [4.69, 9.17) is 15.2 Å². The standard InChI is InChI=1S/C18H25N3O2S.ClH/c1-2-23-15-5-3-14(4-6-15)18(7-9-22-10-8-18)13-20-11-16-12-21-17(19)24-16;/h3-6,12,20H,2,7-11,13H2,1H3,(H2,19,21);1H. The molecule has 1 aliphatic heterocycles. The van der Waals surface area contributed by atoms with E-state index in [1.807, 2.05) is 13.1 Å². The maximum atomic E-state index is 5.70. The third-order valence-electron chi connectivity index (χ3n) is 4.56. The number of hydrogen-bond acceptors (Lipinski definition) is 6. The Morgan fingerprint density at radius 1 is 1.28 bits per heavy atom. The number of nitrogen functional groups attached to an aromatic ring is 1. The Labute approximate surface area is 159 Å².